The predicted molar refractivity (Wildman–Crippen MR) is 62.9 cm³/mol. The predicted octanol–water partition coefficient (Wildman–Crippen LogP) is 3.97. The maximum absolute atomic E-state index is 13.6. The number of benzene rings is 2. The van der Waals surface area contributed by atoms with Crippen LogP contribution in [0.25, 0.3) is 11.1 Å². The second-order valence-corrected chi connectivity index (χ2v) is 3.78. The van der Waals surface area contributed by atoms with E-state index in [1.54, 1.807) is 0 Å². The molecule has 0 aliphatic heterocycles. The molecular formula is C13H9F4NO. The average Bonchev–Trinajstić information content (AvgIpc) is 2.31. The summed E-state index contributed by atoms with van der Waals surface area (Å²) in [4.78, 5) is 0. The zero-order valence-corrected chi connectivity index (χ0v) is 9.54. The van der Waals surface area contributed by atoms with Crippen LogP contribution in [0.15, 0.2) is 42.5 Å². The highest BCUT2D eigenvalue weighted by Crippen LogP contribution is 2.36. The van der Waals surface area contributed by atoms with Gasteiger partial charge in [0.1, 0.15) is 11.6 Å². The second kappa shape index (κ2) is 4.79. The molecule has 0 bridgehead atoms. The van der Waals surface area contributed by atoms with E-state index in [-0.39, 0.29) is 16.8 Å². The van der Waals surface area contributed by atoms with Crippen LogP contribution in [-0.2, 0) is 0 Å². The van der Waals surface area contributed by atoms with Crippen molar-refractivity contribution >= 4 is 5.69 Å². The Morgan fingerprint density at radius 2 is 1.63 bits per heavy atom. The lowest BCUT2D eigenvalue weighted by atomic mass is 10.0. The van der Waals surface area contributed by atoms with Crippen molar-refractivity contribution in [3.8, 4) is 16.9 Å². The molecular weight excluding hydrogens is 262 g/mol. The molecule has 0 fully saturated rings. The summed E-state index contributed by atoms with van der Waals surface area (Å²) >= 11 is 0. The molecule has 2 rings (SSSR count). The summed E-state index contributed by atoms with van der Waals surface area (Å²) in [5.74, 6) is -1.15. The molecule has 0 saturated carbocycles. The van der Waals surface area contributed by atoms with Gasteiger partial charge in [0, 0.05) is 16.8 Å². The van der Waals surface area contributed by atoms with Crippen molar-refractivity contribution in [1.82, 2.24) is 0 Å². The molecule has 0 radical (unpaired) electrons. The second-order valence-electron chi connectivity index (χ2n) is 3.78. The van der Waals surface area contributed by atoms with E-state index in [0.717, 1.165) is 12.1 Å². The van der Waals surface area contributed by atoms with Gasteiger partial charge in [-0.25, -0.2) is 4.39 Å². The van der Waals surface area contributed by atoms with Crippen molar-refractivity contribution in [1.29, 1.82) is 0 Å². The van der Waals surface area contributed by atoms with E-state index in [0.29, 0.717) is 0 Å². The lowest BCUT2D eigenvalue weighted by Gasteiger charge is -2.14. The maximum Gasteiger partial charge on any atom is 0.573 e. The first-order valence-electron chi connectivity index (χ1n) is 5.27. The molecule has 6 heteroatoms. The van der Waals surface area contributed by atoms with Gasteiger partial charge in [-0.2, -0.15) is 0 Å². The fourth-order valence-corrected chi connectivity index (χ4v) is 1.65. The minimum atomic E-state index is -4.85. The maximum atomic E-state index is 13.6. The van der Waals surface area contributed by atoms with E-state index in [2.05, 4.69) is 4.74 Å². The Morgan fingerprint density at radius 1 is 0.947 bits per heavy atom. The Kier molecular flexibility index (Phi) is 3.33. The van der Waals surface area contributed by atoms with Crippen LogP contribution in [-0.4, -0.2) is 6.36 Å². The molecule has 2 aromatic carbocycles. The monoisotopic (exact) mass is 271 g/mol. The van der Waals surface area contributed by atoms with Crippen LogP contribution in [0, 0.1) is 5.82 Å². The van der Waals surface area contributed by atoms with Gasteiger partial charge in [0.2, 0.25) is 0 Å². The smallest absolute Gasteiger partial charge is 0.405 e. The number of rotatable bonds is 2. The minimum absolute atomic E-state index is 0.00551. The van der Waals surface area contributed by atoms with Crippen molar-refractivity contribution in [2.45, 2.75) is 6.36 Å². The van der Waals surface area contributed by atoms with Gasteiger partial charge < -0.3 is 10.5 Å². The topological polar surface area (TPSA) is 35.2 Å². The number of nitrogens with two attached hydrogens (primary N) is 1. The summed E-state index contributed by atoms with van der Waals surface area (Å²) in [7, 11) is 0. The van der Waals surface area contributed by atoms with Gasteiger partial charge in [-0.1, -0.05) is 18.2 Å². The van der Waals surface area contributed by atoms with E-state index < -0.39 is 17.9 Å². The fourth-order valence-electron chi connectivity index (χ4n) is 1.65. The Morgan fingerprint density at radius 3 is 2.26 bits per heavy atom. The summed E-state index contributed by atoms with van der Waals surface area (Å²) in [5, 5.41) is 0. The molecule has 0 aliphatic rings. The lowest BCUT2D eigenvalue weighted by molar-refractivity contribution is -0.274. The van der Waals surface area contributed by atoms with Gasteiger partial charge >= 0.3 is 6.36 Å². The van der Waals surface area contributed by atoms with Crippen LogP contribution in [0.5, 0.6) is 5.75 Å². The summed E-state index contributed by atoms with van der Waals surface area (Å²) in [5.41, 5.74) is 5.68. The molecule has 100 valence electrons. The van der Waals surface area contributed by atoms with Crippen LogP contribution in [0.1, 0.15) is 0 Å². The average molecular weight is 271 g/mol. The Hall–Kier alpha value is -2.24. The lowest BCUT2D eigenvalue weighted by Crippen LogP contribution is -2.17. The summed E-state index contributed by atoms with van der Waals surface area (Å²) in [6, 6.07) is 9.01. The zero-order valence-electron chi connectivity index (χ0n) is 9.54. The Labute approximate surface area is 106 Å². The first-order chi connectivity index (χ1) is 8.87. The van der Waals surface area contributed by atoms with Gasteiger partial charge in [-0.05, 0) is 24.3 Å². The number of anilines is 1. The third-order valence-electron chi connectivity index (χ3n) is 2.39. The van der Waals surface area contributed by atoms with Crippen molar-refractivity contribution in [3.63, 3.8) is 0 Å². The van der Waals surface area contributed by atoms with Crippen LogP contribution in [0.4, 0.5) is 23.2 Å². The van der Waals surface area contributed by atoms with Crippen LogP contribution >= 0.6 is 0 Å². The van der Waals surface area contributed by atoms with Crippen molar-refractivity contribution in [3.05, 3.63) is 48.3 Å². The minimum Gasteiger partial charge on any atom is -0.405 e. The summed E-state index contributed by atoms with van der Waals surface area (Å²) in [6.07, 6.45) is -4.85. The number of halogens is 4. The summed E-state index contributed by atoms with van der Waals surface area (Å²) < 4.78 is 54.4. The highest BCUT2D eigenvalue weighted by molar-refractivity contribution is 5.74. The third-order valence-corrected chi connectivity index (χ3v) is 2.39. The molecule has 19 heavy (non-hydrogen) atoms. The quantitative estimate of drug-likeness (QED) is 0.662. The van der Waals surface area contributed by atoms with Crippen LogP contribution in [0.2, 0.25) is 0 Å². The van der Waals surface area contributed by atoms with E-state index in [4.69, 9.17) is 5.73 Å². The zero-order chi connectivity index (χ0) is 14.0. The highest BCUT2D eigenvalue weighted by Gasteiger charge is 2.32. The third kappa shape index (κ3) is 3.15. The van der Waals surface area contributed by atoms with E-state index in [1.807, 2.05) is 0 Å². The molecule has 0 amide bonds. The van der Waals surface area contributed by atoms with E-state index >= 15 is 0 Å². The van der Waals surface area contributed by atoms with Crippen molar-refractivity contribution in [2.24, 2.45) is 0 Å². The van der Waals surface area contributed by atoms with Crippen LogP contribution < -0.4 is 10.5 Å². The number of hydrogen-bond acceptors (Lipinski definition) is 2. The van der Waals surface area contributed by atoms with E-state index in [9.17, 15) is 17.6 Å². The SMILES string of the molecule is Nc1ccc(OC(F)(F)F)c(-c2ccccc2F)c1. The number of nitrogen functional groups attached to an aromatic ring is 1. The molecule has 2 aromatic rings. The van der Waals surface area contributed by atoms with Gasteiger partial charge in [-0.3, -0.25) is 0 Å². The molecule has 0 heterocycles. The van der Waals surface area contributed by atoms with Gasteiger partial charge in [0.25, 0.3) is 0 Å². The van der Waals surface area contributed by atoms with Crippen molar-refractivity contribution in [2.75, 3.05) is 5.73 Å². The summed E-state index contributed by atoms with van der Waals surface area (Å²) in [6.45, 7) is 0. The molecule has 0 aromatic heterocycles. The molecule has 0 atom stereocenters. The molecule has 0 saturated heterocycles. The molecule has 0 unspecified atom stereocenters. The van der Waals surface area contributed by atoms with Gasteiger partial charge in [0.15, 0.2) is 0 Å². The number of alkyl halides is 3. The van der Waals surface area contributed by atoms with Crippen molar-refractivity contribution < 1.29 is 22.3 Å². The number of hydrogen-bond donors (Lipinski definition) is 1. The van der Waals surface area contributed by atoms with Gasteiger partial charge in [0.05, 0.1) is 0 Å². The number of ether oxygens (including phenoxy) is 1. The molecule has 2 nitrogen and oxygen atoms in total. The standard InChI is InChI=1S/C13H9F4NO/c14-11-4-2-1-3-9(11)10-7-8(18)5-6-12(10)19-13(15,16)17/h1-7H,18H2. The largest absolute Gasteiger partial charge is 0.573 e. The Balaban J connectivity index is 2.55. The first kappa shape index (κ1) is 13.2. The molecule has 2 N–H and O–H groups in total. The molecule has 0 spiro atoms. The van der Waals surface area contributed by atoms with Crippen LogP contribution in [0.3, 0.4) is 0 Å². The fraction of sp³-hybridized carbons (Fsp3) is 0.0769. The first-order valence-corrected chi connectivity index (χ1v) is 5.27. The van der Waals surface area contributed by atoms with Gasteiger partial charge in [-0.15, -0.1) is 13.2 Å². The molecule has 0 aliphatic carbocycles. The highest BCUT2D eigenvalue weighted by atomic mass is 19.4. The Bertz CT molecular complexity index is 595. The normalized spacial score (nSPS) is 11.4. The van der Waals surface area contributed by atoms with E-state index in [1.165, 1.54) is 30.3 Å².